The fourth-order valence-electron chi connectivity index (χ4n) is 2.01. The largest absolute Gasteiger partial charge is 0.339 e. The molecular weight excluding hydrogens is 366 g/mol. The van der Waals surface area contributed by atoms with Crippen LogP contribution >= 0.6 is 23.2 Å². The summed E-state index contributed by atoms with van der Waals surface area (Å²) in [5.41, 5.74) is 1.00. The van der Waals surface area contributed by atoms with E-state index in [1.165, 1.54) is 24.5 Å². The van der Waals surface area contributed by atoms with Crippen molar-refractivity contribution >= 4 is 46.3 Å². The minimum Gasteiger partial charge on any atom is -0.339 e. The summed E-state index contributed by atoms with van der Waals surface area (Å²) in [6.45, 7) is 0. The Morgan fingerprint density at radius 2 is 1.84 bits per heavy atom. The summed E-state index contributed by atoms with van der Waals surface area (Å²) in [5.74, 6) is -0.468. The normalized spacial score (nSPS) is 10.4. The van der Waals surface area contributed by atoms with Gasteiger partial charge in [0.25, 0.3) is 5.91 Å². The molecule has 0 radical (unpaired) electrons. The first-order chi connectivity index (χ1) is 12.0. The zero-order valence-corrected chi connectivity index (χ0v) is 14.1. The van der Waals surface area contributed by atoms with Crippen molar-refractivity contribution in [1.82, 2.24) is 9.97 Å². The minimum atomic E-state index is -0.478. The van der Waals surface area contributed by atoms with Crippen molar-refractivity contribution in [2.75, 3.05) is 10.6 Å². The minimum absolute atomic E-state index is 0.0980. The monoisotopic (exact) mass is 376 g/mol. The topological polar surface area (TPSA) is 66.9 Å². The molecule has 1 amide bonds. The third-order valence-electron chi connectivity index (χ3n) is 3.18. The first-order valence-electron chi connectivity index (χ1n) is 7.13. The van der Waals surface area contributed by atoms with Gasteiger partial charge in [-0.2, -0.15) is 0 Å². The number of hydrogen-bond donors (Lipinski definition) is 2. The van der Waals surface area contributed by atoms with Gasteiger partial charge in [0.1, 0.15) is 17.3 Å². The molecule has 0 saturated carbocycles. The van der Waals surface area contributed by atoms with Gasteiger partial charge in [0.15, 0.2) is 0 Å². The van der Waals surface area contributed by atoms with Crippen molar-refractivity contribution in [3.63, 3.8) is 0 Å². The molecule has 0 aliphatic rings. The van der Waals surface area contributed by atoms with E-state index in [4.69, 9.17) is 23.2 Å². The van der Waals surface area contributed by atoms with Gasteiger partial charge in [0, 0.05) is 5.69 Å². The number of nitrogens with one attached hydrogen (secondary N) is 2. The van der Waals surface area contributed by atoms with E-state index in [0.717, 1.165) is 0 Å². The summed E-state index contributed by atoms with van der Waals surface area (Å²) in [6, 6.07) is 10.8. The van der Waals surface area contributed by atoms with Crippen molar-refractivity contribution in [2.45, 2.75) is 0 Å². The second-order valence-corrected chi connectivity index (χ2v) is 5.76. The average molecular weight is 377 g/mol. The Balaban J connectivity index is 1.71. The first kappa shape index (κ1) is 17.1. The van der Waals surface area contributed by atoms with Crippen LogP contribution in [0.4, 0.5) is 21.6 Å². The number of amides is 1. The van der Waals surface area contributed by atoms with Crippen molar-refractivity contribution in [2.24, 2.45) is 0 Å². The molecule has 0 unspecified atom stereocenters. The highest BCUT2D eigenvalue weighted by Crippen LogP contribution is 2.29. The predicted octanol–water partition coefficient (Wildman–Crippen LogP) is 4.92. The molecule has 0 aliphatic heterocycles. The number of hydrogen-bond acceptors (Lipinski definition) is 4. The second kappa shape index (κ2) is 7.46. The maximum Gasteiger partial charge on any atom is 0.275 e. The van der Waals surface area contributed by atoms with Crippen LogP contribution in [0, 0.1) is 5.82 Å². The zero-order chi connectivity index (χ0) is 17.8. The van der Waals surface area contributed by atoms with Crippen LogP contribution in [0.2, 0.25) is 10.0 Å². The highest BCUT2D eigenvalue weighted by molar-refractivity contribution is 6.44. The molecule has 126 valence electrons. The van der Waals surface area contributed by atoms with Gasteiger partial charge in [-0.25, -0.2) is 14.4 Å². The van der Waals surface area contributed by atoms with E-state index < -0.39 is 5.91 Å². The van der Waals surface area contributed by atoms with Gasteiger partial charge in [-0.15, -0.1) is 0 Å². The Hall–Kier alpha value is -2.70. The van der Waals surface area contributed by atoms with Crippen LogP contribution in [-0.2, 0) is 0 Å². The zero-order valence-electron chi connectivity index (χ0n) is 12.6. The number of benzene rings is 2. The maximum atomic E-state index is 13.2. The third-order valence-corrected chi connectivity index (χ3v) is 4.00. The molecule has 2 aromatic carbocycles. The molecule has 5 nitrogen and oxygen atoms in total. The van der Waals surface area contributed by atoms with Gasteiger partial charge in [-0.1, -0.05) is 35.3 Å². The number of rotatable bonds is 4. The summed E-state index contributed by atoms with van der Waals surface area (Å²) in [4.78, 5) is 20.3. The Kier molecular flexibility index (Phi) is 5.11. The Labute approximate surface area is 152 Å². The van der Waals surface area contributed by atoms with Crippen LogP contribution in [0.5, 0.6) is 0 Å². The summed E-state index contributed by atoms with van der Waals surface area (Å²) in [5, 5.41) is 6.09. The van der Waals surface area contributed by atoms with E-state index in [-0.39, 0.29) is 16.5 Å². The van der Waals surface area contributed by atoms with Crippen LogP contribution < -0.4 is 10.6 Å². The molecule has 8 heteroatoms. The molecule has 0 bridgehead atoms. The molecule has 0 saturated heterocycles. The second-order valence-electron chi connectivity index (χ2n) is 4.98. The number of aromatic nitrogens is 2. The van der Waals surface area contributed by atoms with Gasteiger partial charge in [-0.05, 0) is 30.3 Å². The Morgan fingerprint density at radius 3 is 2.56 bits per heavy atom. The summed E-state index contributed by atoms with van der Waals surface area (Å²) < 4.78 is 13.2. The molecule has 0 spiro atoms. The van der Waals surface area contributed by atoms with Crippen molar-refractivity contribution < 1.29 is 9.18 Å². The van der Waals surface area contributed by atoms with E-state index in [1.807, 2.05) is 0 Å². The molecule has 0 aliphatic carbocycles. The van der Waals surface area contributed by atoms with Crippen LogP contribution in [-0.4, -0.2) is 15.9 Å². The Morgan fingerprint density at radius 1 is 1.04 bits per heavy atom. The van der Waals surface area contributed by atoms with E-state index in [0.29, 0.717) is 22.2 Å². The molecular formula is C17H11Cl2FN4O. The highest BCUT2D eigenvalue weighted by atomic mass is 35.5. The number of halogens is 3. The van der Waals surface area contributed by atoms with Gasteiger partial charge < -0.3 is 10.6 Å². The van der Waals surface area contributed by atoms with E-state index >= 15 is 0 Å². The molecule has 0 atom stereocenters. The lowest BCUT2D eigenvalue weighted by atomic mass is 10.3. The lowest BCUT2D eigenvalue weighted by molar-refractivity contribution is 0.102. The smallest absolute Gasteiger partial charge is 0.275 e. The fourth-order valence-corrected chi connectivity index (χ4v) is 2.36. The maximum absolute atomic E-state index is 13.2. The van der Waals surface area contributed by atoms with Gasteiger partial charge in [-0.3, -0.25) is 4.79 Å². The third kappa shape index (κ3) is 4.23. The molecule has 1 heterocycles. The van der Waals surface area contributed by atoms with Gasteiger partial charge in [0.05, 0.1) is 28.1 Å². The number of nitrogens with zero attached hydrogens (tertiary/aromatic N) is 2. The highest BCUT2D eigenvalue weighted by Gasteiger charge is 2.12. The average Bonchev–Trinajstić information content (AvgIpc) is 2.59. The predicted molar refractivity (Wildman–Crippen MR) is 96.1 cm³/mol. The molecule has 25 heavy (non-hydrogen) atoms. The lowest BCUT2D eigenvalue weighted by Gasteiger charge is -2.08. The summed E-state index contributed by atoms with van der Waals surface area (Å²) >= 11 is 11.9. The number of carbonyl (C=O) groups is 1. The molecule has 3 rings (SSSR count). The van der Waals surface area contributed by atoms with Crippen molar-refractivity contribution in [3.05, 3.63) is 76.4 Å². The molecule has 2 N–H and O–H groups in total. The summed E-state index contributed by atoms with van der Waals surface area (Å²) in [7, 11) is 0. The van der Waals surface area contributed by atoms with Crippen molar-refractivity contribution in [1.29, 1.82) is 0 Å². The van der Waals surface area contributed by atoms with Crippen LogP contribution in [0.25, 0.3) is 0 Å². The standard InChI is InChI=1S/C17H11Cl2FN4O/c18-12-5-2-6-13(16(12)19)24-17(25)14-8-22-15(9-21-14)23-11-4-1-3-10(20)7-11/h1-9H,(H,22,23)(H,24,25). The lowest BCUT2D eigenvalue weighted by Crippen LogP contribution is -2.14. The quantitative estimate of drug-likeness (QED) is 0.678. The van der Waals surface area contributed by atoms with Crippen molar-refractivity contribution in [3.8, 4) is 0 Å². The molecule has 3 aromatic rings. The number of carbonyl (C=O) groups excluding carboxylic acids is 1. The SMILES string of the molecule is O=C(Nc1cccc(Cl)c1Cl)c1cnc(Nc2cccc(F)c2)cn1. The summed E-state index contributed by atoms with van der Waals surface area (Å²) in [6.07, 6.45) is 2.68. The van der Waals surface area contributed by atoms with Gasteiger partial charge in [0.2, 0.25) is 0 Å². The van der Waals surface area contributed by atoms with E-state index in [2.05, 4.69) is 20.6 Å². The first-order valence-corrected chi connectivity index (χ1v) is 7.88. The molecule has 0 fully saturated rings. The van der Waals surface area contributed by atoms with E-state index in [1.54, 1.807) is 30.3 Å². The number of anilines is 3. The fraction of sp³-hybridized carbons (Fsp3) is 0. The van der Waals surface area contributed by atoms with Crippen LogP contribution in [0.1, 0.15) is 10.5 Å². The van der Waals surface area contributed by atoms with Crippen LogP contribution in [0.15, 0.2) is 54.9 Å². The van der Waals surface area contributed by atoms with Gasteiger partial charge >= 0.3 is 0 Å². The Bertz CT molecular complexity index is 919. The van der Waals surface area contributed by atoms with E-state index in [9.17, 15) is 9.18 Å². The van der Waals surface area contributed by atoms with Crippen LogP contribution in [0.3, 0.4) is 0 Å². The molecule has 1 aromatic heterocycles.